The molecular weight excluding hydrogens is 236 g/mol. The van der Waals surface area contributed by atoms with E-state index in [0.29, 0.717) is 10.9 Å². The Bertz CT molecular complexity index is 471. The number of carbonyl (C=O) groups is 1. The number of hydrogen-bond acceptors (Lipinski definition) is 4. The standard InChI is InChI=1S/C12H12N2O2S/c1-14(12-13-7-8-17-12)11(15)9-16-10-5-3-2-4-6-10/h2-8H,9H2,1H3. The predicted octanol–water partition coefficient (Wildman–Crippen LogP) is 2.18. The van der Waals surface area contributed by atoms with Crippen LogP contribution in [0.2, 0.25) is 0 Å². The Kier molecular flexibility index (Phi) is 3.72. The monoisotopic (exact) mass is 248 g/mol. The molecule has 0 unspecified atom stereocenters. The number of rotatable bonds is 4. The van der Waals surface area contributed by atoms with Crippen LogP contribution in [0.5, 0.6) is 5.75 Å². The SMILES string of the molecule is CN(C(=O)COc1ccccc1)c1nccs1. The van der Waals surface area contributed by atoms with Crippen molar-refractivity contribution in [2.45, 2.75) is 0 Å². The first-order valence-electron chi connectivity index (χ1n) is 5.11. The van der Waals surface area contributed by atoms with Crippen LogP contribution in [-0.2, 0) is 4.79 Å². The van der Waals surface area contributed by atoms with Gasteiger partial charge in [-0.15, -0.1) is 11.3 Å². The molecule has 1 aromatic heterocycles. The van der Waals surface area contributed by atoms with Crippen molar-refractivity contribution in [2.75, 3.05) is 18.6 Å². The van der Waals surface area contributed by atoms with E-state index in [0.717, 1.165) is 0 Å². The summed E-state index contributed by atoms with van der Waals surface area (Å²) in [5.74, 6) is 0.567. The number of thiazole rings is 1. The van der Waals surface area contributed by atoms with E-state index in [1.54, 1.807) is 13.2 Å². The van der Waals surface area contributed by atoms with Gasteiger partial charge in [0.15, 0.2) is 11.7 Å². The van der Waals surface area contributed by atoms with E-state index in [1.165, 1.54) is 16.2 Å². The molecule has 1 heterocycles. The van der Waals surface area contributed by atoms with Crippen LogP contribution >= 0.6 is 11.3 Å². The molecule has 0 spiro atoms. The van der Waals surface area contributed by atoms with Gasteiger partial charge in [0, 0.05) is 18.6 Å². The molecule has 88 valence electrons. The van der Waals surface area contributed by atoms with Gasteiger partial charge < -0.3 is 4.74 Å². The first-order chi connectivity index (χ1) is 8.27. The van der Waals surface area contributed by atoms with Gasteiger partial charge in [0.2, 0.25) is 0 Å². The fraction of sp³-hybridized carbons (Fsp3) is 0.167. The summed E-state index contributed by atoms with van der Waals surface area (Å²) in [6.45, 7) is 0.0140. The van der Waals surface area contributed by atoms with Gasteiger partial charge in [0.25, 0.3) is 5.91 Å². The molecule has 0 fully saturated rings. The molecule has 0 radical (unpaired) electrons. The van der Waals surface area contributed by atoms with Crippen LogP contribution in [0.15, 0.2) is 41.9 Å². The topological polar surface area (TPSA) is 42.4 Å². The van der Waals surface area contributed by atoms with Gasteiger partial charge in [-0.1, -0.05) is 18.2 Å². The zero-order valence-corrected chi connectivity index (χ0v) is 10.2. The summed E-state index contributed by atoms with van der Waals surface area (Å²) in [5, 5.41) is 2.50. The lowest BCUT2D eigenvalue weighted by atomic mass is 10.3. The minimum absolute atomic E-state index is 0.0140. The van der Waals surface area contributed by atoms with Gasteiger partial charge in [0.1, 0.15) is 5.75 Å². The molecule has 0 aliphatic heterocycles. The van der Waals surface area contributed by atoms with Gasteiger partial charge in [0.05, 0.1) is 0 Å². The largest absolute Gasteiger partial charge is 0.484 e. The summed E-state index contributed by atoms with van der Waals surface area (Å²) in [4.78, 5) is 17.3. The summed E-state index contributed by atoms with van der Waals surface area (Å²) >= 11 is 1.42. The summed E-state index contributed by atoms with van der Waals surface area (Å²) < 4.78 is 5.37. The summed E-state index contributed by atoms with van der Waals surface area (Å²) in [6, 6.07) is 9.26. The average Bonchev–Trinajstić information content (AvgIpc) is 2.90. The highest BCUT2D eigenvalue weighted by Gasteiger charge is 2.13. The summed E-state index contributed by atoms with van der Waals surface area (Å²) in [6.07, 6.45) is 1.67. The van der Waals surface area contributed by atoms with E-state index in [1.807, 2.05) is 35.7 Å². The Labute approximate surface area is 103 Å². The van der Waals surface area contributed by atoms with Gasteiger partial charge in [-0.3, -0.25) is 9.69 Å². The molecule has 0 N–H and O–H groups in total. The minimum atomic E-state index is -0.121. The highest BCUT2D eigenvalue weighted by molar-refractivity contribution is 7.13. The number of hydrogen-bond donors (Lipinski definition) is 0. The Morgan fingerprint density at radius 3 is 2.82 bits per heavy atom. The Balaban J connectivity index is 1.90. The molecule has 2 rings (SSSR count). The number of para-hydroxylation sites is 1. The molecule has 0 aliphatic rings. The van der Waals surface area contributed by atoms with Gasteiger partial charge in [-0.05, 0) is 12.1 Å². The van der Waals surface area contributed by atoms with Crippen LogP contribution in [0, 0.1) is 0 Å². The van der Waals surface area contributed by atoms with E-state index in [4.69, 9.17) is 4.74 Å². The number of benzene rings is 1. The molecule has 1 aromatic carbocycles. The number of carbonyl (C=O) groups excluding carboxylic acids is 1. The number of nitrogens with zero attached hydrogens (tertiary/aromatic N) is 2. The lowest BCUT2D eigenvalue weighted by molar-refractivity contribution is -0.120. The number of ether oxygens (including phenoxy) is 1. The molecule has 2 aromatic rings. The first kappa shape index (κ1) is 11.6. The second-order valence-corrected chi connectivity index (χ2v) is 4.24. The van der Waals surface area contributed by atoms with Crippen LogP contribution in [0.4, 0.5) is 5.13 Å². The van der Waals surface area contributed by atoms with Crippen molar-refractivity contribution in [3.8, 4) is 5.75 Å². The molecule has 1 amide bonds. The van der Waals surface area contributed by atoms with Crippen LogP contribution in [0.25, 0.3) is 0 Å². The number of likely N-dealkylation sites (N-methyl/N-ethyl adjacent to an activating group) is 1. The van der Waals surface area contributed by atoms with E-state index in [9.17, 15) is 4.79 Å². The van der Waals surface area contributed by atoms with Crippen molar-refractivity contribution in [2.24, 2.45) is 0 Å². The Hall–Kier alpha value is -1.88. The third-order valence-corrected chi connectivity index (χ3v) is 3.03. The fourth-order valence-electron chi connectivity index (χ4n) is 1.25. The average molecular weight is 248 g/mol. The number of anilines is 1. The highest BCUT2D eigenvalue weighted by Crippen LogP contribution is 2.16. The number of aromatic nitrogens is 1. The normalized spacial score (nSPS) is 9.94. The maximum absolute atomic E-state index is 11.8. The second-order valence-electron chi connectivity index (χ2n) is 3.37. The molecule has 5 heteroatoms. The quantitative estimate of drug-likeness (QED) is 0.833. The van der Waals surface area contributed by atoms with Crippen LogP contribution in [0.1, 0.15) is 0 Å². The zero-order valence-electron chi connectivity index (χ0n) is 9.37. The van der Waals surface area contributed by atoms with E-state index in [2.05, 4.69) is 4.98 Å². The Morgan fingerprint density at radius 2 is 2.18 bits per heavy atom. The van der Waals surface area contributed by atoms with Gasteiger partial charge in [-0.2, -0.15) is 0 Å². The predicted molar refractivity (Wildman–Crippen MR) is 67.5 cm³/mol. The molecule has 0 saturated carbocycles. The lowest BCUT2D eigenvalue weighted by Gasteiger charge is -2.14. The summed E-state index contributed by atoms with van der Waals surface area (Å²) in [7, 11) is 1.69. The molecule has 0 bridgehead atoms. The zero-order chi connectivity index (χ0) is 12.1. The highest BCUT2D eigenvalue weighted by atomic mass is 32.1. The van der Waals surface area contributed by atoms with E-state index < -0.39 is 0 Å². The lowest BCUT2D eigenvalue weighted by Crippen LogP contribution is -2.31. The molecule has 17 heavy (non-hydrogen) atoms. The molecular formula is C12H12N2O2S. The van der Waals surface area contributed by atoms with Crippen molar-refractivity contribution in [3.63, 3.8) is 0 Å². The third-order valence-electron chi connectivity index (χ3n) is 2.19. The van der Waals surface area contributed by atoms with Crippen molar-refractivity contribution in [1.82, 2.24) is 4.98 Å². The molecule has 0 aliphatic carbocycles. The number of amides is 1. The summed E-state index contributed by atoms with van der Waals surface area (Å²) in [5.41, 5.74) is 0. The van der Waals surface area contributed by atoms with Crippen molar-refractivity contribution < 1.29 is 9.53 Å². The third kappa shape index (κ3) is 3.04. The molecule has 4 nitrogen and oxygen atoms in total. The maximum atomic E-state index is 11.8. The van der Waals surface area contributed by atoms with Gasteiger partial charge in [-0.25, -0.2) is 4.98 Å². The van der Waals surface area contributed by atoms with Crippen molar-refractivity contribution in [1.29, 1.82) is 0 Å². The fourth-order valence-corrected chi connectivity index (χ4v) is 1.87. The van der Waals surface area contributed by atoms with E-state index in [-0.39, 0.29) is 12.5 Å². The minimum Gasteiger partial charge on any atom is -0.484 e. The smallest absolute Gasteiger partial charge is 0.266 e. The van der Waals surface area contributed by atoms with Crippen molar-refractivity contribution >= 4 is 22.4 Å². The van der Waals surface area contributed by atoms with Crippen LogP contribution in [0.3, 0.4) is 0 Å². The Morgan fingerprint density at radius 1 is 1.41 bits per heavy atom. The van der Waals surface area contributed by atoms with Gasteiger partial charge >= 0.3 is 0 Å². The molecule has 0 atom stereocenters. The second kappa shape index (κ2) is 5.45. The van der Waals surface area contributed by atoms with E-state index >= 15 is 0 Å². The maximum Gasteiger partial charge on any atom is 0.266 e. The first-order valence-corrected chi connectivity index (χ1v) is 5.99. The molecule has 0 saturated heterocycles. The van der Waals surface area contributed by atoms with Crippen LogP contribution in [-0.4, -0.2) is 24.5 Å². The van der Waals surface area contributed by atoms with Crippen LogP contribution < -0.4 is 9.64 Å². The van der Waals surface area contributed by atoms with Crippen molar-refractivity contribution in [3.05, 3.63) is 41.9 Å².